The van der Waals surface area contributed by atoms with Crippen molar-refractivity contribution in [2.24, 2.45) is 0 Å². The van der Waals surface area contributed by atoms with Crippen molar-refractivity contribution in [1.29, 1.82) is 0 Å². The van der Waals surface area contributed by atoms with E-state index in [0.29, 0.717) is 24.5 Å². The Morgan fingerprint density at radius 1 is 0.973 bits per heavy atom. The molecule has 2 aromatic carbocycles. The molecule has 11 nitrogen and oxygen atoms in total. The van der Waals surface area contributed by atoms with Gasteiger partial charge in [0.25, 0.3) is 10.0 Å². The predicted octanol–water partition coefficient (Wildman–Crippen LogP) is 2.59. The first-order valence-electron chi connectivity index (χ1n) is 10.6. The fourth-order valence-electron chi connectivity index (χ4n) is 3.27. The van der Waals surface area contributed by atoms with E-state index in [1.165, 1.54) is 38.5 Å². The number of carboxylic acid groups (broad SMARTS) is 2. The zero-order valence-corrected chi connectivity index (χ0v) is 20.9. The molecule has 2 aromatic rings. The first-order chi connectivity index (χ1) is 17.2. The van der Waals surface area contributed by atoms with Crippen LogP contribution in [0.15, 0.2) is 41.3 Å². The molecule has 3 rings (SSSR count). The summed E-state index contributed by atoms with van der Waals surface area (Å²) in [6.07, 6.45) is -5.08. The summed E-state index contributed by atoms with van der Waals surface area (Å²) < 4.78 is 71.0. The average Bonchev–Trinajstić information content (AvgIpc) is 2.83. The molecule has 1 saturated heterocycles. The summed E-state index contributed by atoms with van der Waals surface area (Å²) in [5.74, 6) is -3.39. The van der Waals surface area contributed by atoms with E-state index in [-0.39, 0.29) is 21.9 Å². The van der Waals surface area contributed by atoms with Gasteiger partial charge in [0, 0.05) is 32.2 Å². The van der Waals surface area contributed by atoms with Crippen LogP contribution in [0.2, 0.25) is 0 Å². The summed E-state index contributed by atoms with van der Waals surface area (Å²) in [5, 5.41) is 16.5. The number of hydrogen-bond acceptors (Lipinski definition) is 8. The second kappa shape index (κ2) is 12.0. The van der Waals surface area contributed by atoms with Gasteiger partial charge in [0.05, 0.1) is 31.2 Å². The Bertz CT molecular complexity index is 1230. The molecule has 1 heterocycles. The van der Waals surface area contributed by atoms with E-state index in [4.69, 9.17) is 19.4 Å². The molecule has 0 saturated carbocycles. The van der Waals surface area contributed by atoms with E-state index in [1.54, 1.807) is 12.1 Å². The smallest absolute Gasteiger partial charge is 0.490 e. The van der Waals surface area contributed by atoms with Crippen LogP contribution in [0.4, 0.5) is 24.5 Å². The van der Waals surface area contributed by atoms with Gasteiger partial charge < -0.3 is 29.5 Å². The molecule has 0 radical (unpaired) electrons. The first-order valence-corrected chi connectivity index (χ1v) is 12.0. The highest BCUT2D eigenvalue weighted by Crippen LogP contribution is 2.34. The molecule has 1 fully saturated rings. The fraction of sp³-hybridized carbons (Fsp3) is 0.364. The van der Waals surface area contributed by atoms with E-state index < -0.39 is 28.1 Å². The van der Waals surface area contributed by atoms with E-state index in [9.17, 15) is 31.5 Å². The number of carbonyl (C=O) groups is 2. The second-order valence-corrected chi connectivity index (χ2v) is 9.40. The van der Waals surface area contributed by atoms with Crippen LogP contribution in [-0.4, -0.2) is 89.1 Å². The Balaban J connectivity index is 0.000000604. The maximum atomic E-state index is 13.2. The van der Waals surface area contributed by atoms with Crippen molar-refractivity contribution in [1.82, 2.24) is 4.90 Å². The monoisotopic (exact) mass is 549 g/mol. The number of nitrogens with zero attached hydrogens (tertiary/aromatic N) is 2. The molecular formula is C22H26F3N3O8S. The molecule has 0 amide bonds. The summed E-state index contributed by atoms with van der Waals surface area (Å²) >= 11 is 0. The number of carboxylic acids is 2. The third-order valence-corrected chi connectivity index (χ3v) is 6.62. The number of piperazine rings is 1. The molecule has 0 aromatic heterocycles. The van der Waals surface area contributed by atoms with Crippen LogP contribution in [0.1, 0.15) is 10.4 Å². The van der Waals surface area contributed by atoms with Gasteiger partial charge in [-0.1, -0.05) is 0 Å². The zero-order valence-electron chi connectivity index (χ0n) is 20.1. The molecule has 3 N–H and O–H groups in total. The Hall–Kier alpha value is -3.72. The molecular weight excluding hydrogens is 523 g/mol. The number of anilines is 2. The van der Waals surface area contributed by atoms with Gasteiger partial charge in [-0.3, -0.25) is 4.72 Å². The minimum atomic E-state index is -5.08. The second-order valence-electron chi connectivity index (χ2n) is 7.75. The molecule has 0 bridgehead atoms. The number of hydrogen-bond donors (Lipinski definition) is 3. The molecule has 0 spiro atoms. The molecule has 0 unspecified atom stereocenters. The lowest BCUT2D eigenvalue weighted by Crippen LogP contribution is -2.44. The number of alkyl halides is 3. The van der Waals surface area contributed by atoms with Crippen LogP contribution in [0.5, 0.6) is 11.5 Å². The van der Waals surface area contributed by atoms with Crippen LogP contribution < -0.4 is 19.1 Å². The normalized spacial score (nSPS) is 14.3. The van der Waals surface area contributed by atoms with Crippen molar-refractivity contribution in [3.05, 3.63) is 42.0 Å². The van der Waals surface area contributed by atoms with Crippen molar-refractivity contribution < 1.29 is 50.9 Å². The Kier molecular flexibility index (Phi) is 9.58. The van der Waals surface area contributed by atoms with Crippen LogP contribution >= 0.6 is 0 Å². The van der Waals surface area contributed by atoms with Crippen molar-refractivity contribution in [2.75, 3.05) is 57.1 Å². The third kappa shape index (κ3) is 7.88. The third-order valence-electron chi connectivity index (χ3n) is 5.23. The van der Waals surface area contributed by atoms with Crippen LogP contribution in [0.25, 0.3) is 0 Å². The SMILES string of the molecule is COc1ccc(OC)c(S(=O)(=O)Nc2cc(C(=O)O)ccc2N2CCN(C)CC2)c1.O=C(O)C(F)(F)F. The molecule has 15 heteroatoms. The highest BCUT2D eigenvalue weighted by atomic mass is 32.2. The van der Waals surface area contributed by atoms with Crippen molar-refractivity contribution in [3.8, 4) is 11.5 Å². The number of nitrogens with one attached hydrogen (secondary N) is 1. The van der Waals surface area contributed by atoms with Crippen LogP contribution in [-0.2, 0) is 14.8 Å². The number of aromatic carboxylic acids is 1. The van der Waals surface area contributed by atoms with Crippen molar-refractivity contribution in [3.63, 3.8) is 0 Å². The predicted molar refractivity (Wildman–Crippen MR) is 127 cm³/mol. The Morgan fingerprint density at radius 3 is 2.05 bits per heavy atom. The fourth-order valence-corrected chi connectivity index (χ4v) is 4.52. The van der Waals surface area contributed by atoms with Crippen molar-refractivity contribution in [2.45, 2.75) is 11.1 Å². The lowest BCUT2D eigenvalue weighted by molar-refractivity contribution is -0.192. The van der Waals surface area contributed by atoms with Crippen molar-refractivity contribution >= 4 is 33.3 Å². The van der Waals surface area contributed by atoms with E-state index >= 15 is 0 Å². The van der Waals surface area contributed by atoms with E-state index in [2.05, 4.69) is 9.62 Å². The maximum absolute atomic E-state index is 13.2. The van der Waals surface area contributed by atoms with Crippen LogP contribution in [0.3, 0.4) is 0 Å². The minimum Gasteiger partial charge on any atom is -0.497 e. The highest BCUT2D eigenvalue weighted by Gasteiger charge is 2.38. The molecule has 37 heavy (non-hydrogen) atoms. The number of benzene rings is 2. The summed E-state index contributed by atoms with van der Waals surface area (Å²) in [4.78, 5) is 24.5. The zero-order chi connectivity index (χ0) is 28.0. The van der Waals surface area contributed by atoms with Gasteiger partial charge in [0.15, 0.2) is 0 Å². The summed E-state index contributed by atoms with van der Waals surface area (Å²) in [6.45, 7) is 3.02. The average molecular weight is 550 g/mol. The Labute approximate surface area is 211 Å². The maximum Gasteiger partial charge on any atom is 0.490 e. The first kappa shape index (κ1) is 29.5. The lowest BCUT2D eigenvalue weighted by atomic mass is 10.1. The minimum absolute atomic E-state index is 0.0109. The van der Waals surface area contributed by atoms with Gasteiger partial charge in [0.2, 0.25) is 0 Å². The van der Waals surface area contributed by atoms with Gasteiger partial charge in [0.1, 0.15) is 16.4 Å². The highest BCUT2D eigenvalue weighted by molar-refractivity contribution is 7.92. The molecule has 0 aliphatic carbocycles. The number of rotatable bonds is 7. The van der Waals surface area contributed by atoms with Gasteiger partial charge in [-0.15, -0.1) is 0 Å². The molecule has 1 aliphatic heterocycles. The molecule has 204 valence electrons. The van der Waals surface area contributed by atoms with Gasteiger partial charge in [-0.2, -0.15) is 13.2 Å². The van der Waals surface area contributed by atoms with E-state index in [0.717, 1.165) is 13.1 Å². The van der Waals surface area contributed by atoms with Gasteiger partial charge in [-0.05, 0) is 37.4 Å². The summed E-state index contributed by atoms with van der Waals surface area (Å²) in [7, 11) is 0.744. The van der Waals surface area contributed by atoms with Gasteiger partial charge >= 0.3 is 18.1 Å². The summed E-state index contributed by atoms with van der Waals surface area (Å²) in [5.41, 5.74) is 0.811. The number of aliphatic carboxylic acids is 1. The number of methoxy groups -OCH3 is 2. The largest absolute Gasteiger partial charge is 0.497 e. The summed E-state index contributed by atoms with van der Waals surface area (Å²) in [6, 6.07) is 8.90. The van der Waals surface area contributed by atoms with Gasteiger partial charge in [-0.25, -0.2) is 18.0 Å². The number of sulfonamides is 1. The number of ether oxygens (including phenoxy) is 2. The number of halogens is 3. The topological polar surface area (TPSA) is 146 Å². The number of likely N-dealkylation sites (N-methyl/N-ethyl adjacent to an activating group) is 1. The Morgan fingerprint density at radius 2 is 1.57 bits per heavy atom. The molecule has 0 atom stereocenters. The quantitative estimate of drug-likeness (QED) is 0.471. The van der Waals surface area contributed by atoms with Crippen LogP contribution in [0, 0.1) is 0 Å². The molecule has 1 aliphatic rings. The van der Waals surface area contributed by atoms with E-state index in [1.807, 2.05) is 11.9 Å². The lowest BCUT2D eigenvalue weighted by Gasteiger charge is -2.35. The standard InChI is InChI=1S/C20H25N3O6S.C2HF3O2/c1-22-8-10-23(11-9-22)17-6-4-14(20(24)25)12-16(17)21-30(26,27)19-13-15(28-2)5-7-18(19)29-3;3-2(4,5)1(6)7/h4-7,12-13,21H,8-11H2,1-3H3,(H,24,25);(H,6,7).